The van der Waals surface area contributed by atoms with Crippen molar-refractivity contribution >= 4 is 12.0 Å². The van der Waals surface area contributed by atoms with Gasteiger partial charge in [0.15, 0.2) is 0 Å². The molecule has 1 aliphatic heterocycles. The number of rotatable bonds is 3. The summed E-state index contributed by atoms with van der Waals surface area (Å²) in [4.78, 5) is 25.7. The van der Waals surface area contributed by atoms with Crippen LogP contribution < -0.4 is 5.32 Å². The Hall–Kier alpha value is -1.26. The second kappa shape index (κ2) is 6.26. The first-order chi connectivity index (χ1) is 8.74. The first-order valence-electron chi connectivity index (χ1n) is 7.04. The number of ether oxygens (including phenoxy) is 1. The zero-order valence-electron chi connectivity index (χ0n) is 12.7. The van der Waals surface area contributed by atoms with E-state index in [9.17, 15) is 9.59 Å². The number of hydrogen-bond donors (Lipinski definition) is 1. The van der Waals surface area contributed by atoms with Gasteiger partial charge in [0.05, 0.1) is 0 Å². The number of carbonyl (C=O) groups excluding carboxylic acids is 2. The molecule has 0 aliphatic carbocycles. The number of amides is 2. The van der Waals surface area contributed by atoms with E-state index in [0.29, 0.717) is 13.0 Å². The maximum atomic E-state index is 12.1. The Morgan fingerprint density at radius 1 is 1.42 bits per heavy atom. The lowest BCUT2D eigenvalue weighted by atomic mass is 10.2. The molecule has 0 aromatic carbocycles. The van der Waals surface area contributed by atoms with Gasteiger partial charge in [0.1, 0.15) is 11.6 Å². The van der Waals surface area contributed by atoms with Crippen LogP contribution in [0.3, 0.4) is 0 Å². The molecular formula is C14H26N2O3. The van der Waals surface area contributed by atoms with Crippen molar-refractivity contribution in [3.05, 3.63) is 0 Å². The molecule has 1 rings (SSSR count). The molecular weight excluding hydrogens is 244 g/mol. The molecule has 0 unspecified atom stereocenters. The summed E-state index contributed by atoms with van der Waals surface area (Å²) in [7, 11) is 0. The molecule has 0 aromatic heterocycles. The normalized spacial score (nSPS) is 21.1. The Morgan fingerprint density at radius 3 is 2.58 bits per heavy atom. The molecule has 1 aliphatic rings. The third-order valence-corrected chi connectivity index (χ3v) is 3.18. The van der Waals surface area contributed by atoms with Crippen LogP contribution in [0.15, 0.2) is 0 Å². The van der Waals surface area contributed by atoms with Gasteiger partial charge in [-0.05, 0) is 47.0 Å². The lowest BCUT2D eigenvalue weighted by molar-refractivity contribution is -0.126. The first kappa shape index (κ1) is 15.8. The van der Waals surface area contributed by atoms with Crippen LogP contribution in [0.5, 0.6) is 0 Å². The average Bonchev–Trinajstić information content (AvgIpc) is 2.75. The predicted molar refractivity (Wildman–Crippen MR) is 73.9 cm³/mol. The van der Waals surface area contributed by atoms with Gasteiger partial charge < -0.3 is 10.1 Å². The van der Waals surface area contributed by atoms with Crippen LogP contribution in [-0.4, -0.2) is 41.1 Å². The van der Waals surface area contributed by atoms with Crippen LogP contribution >= 0.6 is 0 Å². The van der Waals surface area contributed by atoms with Gasteiger partial charge in [0.2, 0.25) is 5.91 Å². The second-order valence-corrected chi connectivity index (χ2v) is 6.15. The summed E-state index contributed by atoms with van der Waals surface area (Å²) in [5.74, 6) is -0.0716. The summed E-state index contributed by atoms with van der Waals surface area (Å²) in [6.45, 7) is 10.1. The number of likely N-dealkylation sites (tertiary alicyclic amines) is 1. The van der Waals surface area contributed by atoms with Crippen LogP contribution in [0.25, 0.3) is 0 Å². The van der Waals surface area contributed by atoms with Crippen molar-refractivity contribution in [3.8, 4) is 0 Å². The second-order valence-electron chi connectivity index (χ2n) is 6.15. The summed E-state index contributed by atoms with van der Waals surface area (Å²) in [6.07, 6.45) is 2.04. The Balaban J connectivity index is 2.63. The Kier molecular flexibility index (Phi) is 5.20. The average molecular weight is 270 g/mol. The van der Waals surface area contributed by atoms with Crippen molar-refractivity contribution in [1.82, 2.24) is 10.2 Å². The van der Waals surface area contributed by atoms with Crippen LogP contribution in [0.4, 0.5) is 4.79 Å². The van der Waals surface area contributed by atoms with E-state index in [4.69, 9.17) is 4.74 Å². The van der Waals surface area contributed by atoms with Gasteiger partial charge in [-0.25, -0.2) is 4.79 Å². The number of nitrogens with zero attached hydrogens (tertiary/aromatic N) is 1. The summed E-state index contributed by atoms with van der Waals surface area (Å²) in [5, 5.41) is 2.93. The number of hydrogen-bond acceptors (Lipinski definition) is 3. The Morgan fingerprint density at radius 2 is 2.05 bits per heavy atom. The number of carbonyl (C=O) groups is 2. The molecule has 0 bridgehead atoms. The molecule has 19 heavy (non-hydrogen) atoms. The molecule has 0 spiro atoms. The van der Waals surface area contributed by atoms with E-state index in [0.717, 1.165) is 12.8 Å². The summed E-state index contributed by atoms with van der Waals surface area (Å²) < 4.78 is 5.34. The van der Waals surface area contributed by atoms with Gasteiger partial charge in [-0.2, -0.15) is 0 Å². The molecule has 0 radical (unpaired) electrons. The van der Waals surface area contributed by atoms with Crippen molar-refractivity contribution in [2.45, 2.75) is 71.6 Å². The molecule has 5 heteroatoms. The van der Waals surface area contributed by atoms with E-state index in [-0.39, 0.29) is 18.0 Å². The largest absolute Gasteiger partial charge is 0.444 e. The minimum Gasteiger partial charge on any atom is -0.444 e. The van der Waals surface area contributed by atoms with Crippen LogP contribution in [0.1, 0.15) is 53.9 Å². The fourth-order valence-corrected chi connectivity index (χ4v) is 2.02. The van der Waals surface area contributed by atoms with Crippen LogP contribution in [-0.2, 0) is 9.53 Å². The predicted octanol–water partition coefficient (Wildman–Crippen LogP) is 2.30. The lowest BCUT2D eigenvalue weighted by Crippen LogP contribution is -2.49. The maximum absolute atomic E-state index is 12.1. The van der Waals surface area contributed by atoms with E-state index >= 15 is 0 Å². The van der Waals surface area contributed by atoms with Crippen LogP contribution in [0.2, 0.25) is 0 Å². The van der Waals surface area contributed by atoms with E-state index < -0.39 is 11.7 Å². The van der Waals surface area contributed by atoms with Gasteiger partial charge in [-0.3, -0.25) is 9.69 Å². The Bertz CT molecular complexity index is 336. The van der Waals surface area contributed by atoms with Gasteiger partial charge in [-0.1, -0.05) is 6.92 Å². The molecule has 1 N–H and O–H groups in total. The zero-order chi connectivity index (χ0) is 14.6. The van der Waals surface area contributed by atoms with E-state index in [1.54, 1.807) is 4.90 Å². The van der Waals surface area contributed by atoms with Crippen molar-refractivity contribution in [2.24, 2.45) is 0 Å². The zero-order valence-corrected chi connectivity index (χ0v) is 12.7. The van der Waals surface area contributed by atoms with Gasteiger partial charge in [0.25, 0.3) is 0 Å². The molecule has 0 saturated carbocycles. The molecule has 0 aromatic rings. The fourth-order valence-electron chi connectivity index (χ4n) is 2.02. The summed E-state index contributed by atoms with van der Waals surface area (Å²) >= 11 is 0. The number of nitrogens with one attached hydrogen (secondary N) is 1. The Labute approximate surface area is 115 Å². The first-order valence-corrected chi connectivity index (χ1v) is 7.04. The highest BCUT2D eigenvalue weighted by atomic mass is 16.6. The van der Waals surface area contributed by atoms with Crippen molar-refractivity contribution < 1.29 is 14.3 Å². The van der Waals surface area contributed by atoms with Gasteiger partial charge >= 0.3 is 6.09 Å². The third kappa shape index (κ3) is 4.73. The van der Waals surface area contributed by atoms with Gasteiger partial charge in [-0.15, -0.1) is 0 Å². The minimum absolute atomic E-state index is 0.0716. The van der Waals surface area contributed by atoms with E-state index in [1.165, 1.54) is 0 Å². The van der Waals surface area contributed by atoms with Crippen molar-refractivity contribution in [2.75, 3.05) is 6.54 Å². The summed E-state index contributed by atoms with van der Waals surface area (Å²) in [6, 6.07) is -0.252. The SMILES string of the molecule is CC[C@H](C)NC(=O)[C@@H]1CCCN1C(=O)OC(C)(C)C. The third-order valence-electron chi connectivity index (χ3n) is 3.18. The van der Waals surface area contributed by atoms with E-state index in [2.05, 4.69) is 5.32 Å². The molecule has 2 atom stereocenters. The highest BCUT2D eigenvalue weighted by Crippen LogP contribution is 2.21. The van der Waals surface area contributed by atoms with Crippen molar-refractivity contribution in [3.63, 3.8) is 0 Å². The smallest absolute Gasteiger partial charge is 0.410 e. The molecule has 1 fully saturated rings. The molecule has 1 saturated heterocycles. The molecule has 1 heterocycles. The molecule has 5 nitrogen and oxygen atoms in total. The summed E-state index contributed by atoms with van der Waals surface area (Å²) in [5.41, 5.74) is -0.530. The monoisotopic (exact) mass is 270 g/mol. The topological polar surface area (TPSA) is 58.6 Å². The maximum Gasteiger partial charge on any atom is 0.410 e. The van der Waals surface area contributed by atoms with Crippen LogP contribution in [0, 0.1) is 0 Å². The lowest BCUT2D eigenvalue weighted by Gasteiger charge is -2.28. The minimum atomic E-state index is -0.530. The standard InChI is InChI=1S/C14H26N2O3/c1-6-10(2)15-12(17)11-8-7-9-16(11)13(18)19-14(3,4)5/h10-11H,6-9H2,1-5H3,(H,15,17)/t10-,11-/m0/s1. The highest BCUT2D eigenvalue weighted by molar-refractivity contribution is 5.86. The molecule has 110 valence electrons. The quantitative estimate of drug-likeness (QED) is 0.856. The van der Waals surface area contributed by atoms with E-state index in [1.807, 2.05) is 34.6 Å². The van der Waals surface area contributed by atoms with Crippen molar-refractivity contribution in [1.29, 1.82) is 0 Å². The fraction of sp³-hybridized carbons (Fsp3) is 0.857. The molecule has 2 amide bonds. The van der Waals surface area contributed by atoms with Gasteiger partial charge in [0, 0.05) is 12.6 Å². The highest BCUT2D eigenvalue weighted by Gasteiger charge is 2.36.